The smallest absolute Gasteiger partial charge is 0.310 e. The van der Waals surface area contributed by atoms with Crippen molar-refractivity contribution in [1.82, 2.24) is 9.80 Å². The molecule has 7 atom stereocenters. The van der Waals surface area contributed by atoms with E-state index in [-0.39, 0.29) is 42.2 Å². The predicted octanol–water partition coefficient (Wildman–Crippen LogP) is 4.38. The lowest BCUT2D eigenvalue weighted by molar-refractivity contribution is -0.155. The van der Waals surface area contributed by atoms with E-state index in [1.807, 2.05) is 51.1 Å². The number of carbonyl (C=O) groups is 3. The molecule has 3 unspecified atom stereocenters. The summed E-state index contributed by atoms with van der Waals surface area (Å²) in [5, 5.41) is 10.6. The van der Waals surface area contributed by atoms with Crippen LogP contribution in [0.3, 0.4) is 0 Å². The number of allylic oxidation sites excluding steroid dienone is 1. The third-order valence-corrected chi connectivity index (χ3v) is 10.6. The van der Waals surface area contributed by atoms with E-state index in [2.05, 4.69) is 20.1 Å². The quantitative estimate of drug-likeness (QED) is 0.248. The number of rotatable bonds is 11. The highest BCUT2D eigenvalue weighted by molar-refractivity contribution is 8.02. The molecule has 39 heavy (non-hydrogen) atoms. The molecule has 0 radical (unpaired) electrons. The van der Waals surface area contributed by atoms with Gasteiger partial charge in [-0.2, -0.15) is 0 Å². The molecule has 1 aromatic carbocycles. The summed E-state index contributed by atoms with van der Waals surface area (Å²) in [5.74, 6) is -2.09. The highest BCUT2D eigenvalue weighted by Gasteiger charge is 2.77. The fraction of sp³-hybridized carbons (Fsp3) is 0.581. The van der Waals surface area contributed by atoms with Crippen molar-refractivity contribution in [3.8, 4) is 0 Å². The van der Waals surface area contributed by atoms with E-state index in [9.17, 15) is 19.5 Å². The lowest BCUT2D eigenvalue weighted by atomic mass is 9.66. The lowest BCUT2D eigenvalue weighted by Gasteiger charge is -2.45. The molecule has 3 aliphatic rings. The first-order chi connectivity index (χ1) is 18.5. The first-order valence-electron chi connectivity index (χ1n) is 13.9. The van der Waals surface area contributed by atoms with Crippen molar-refractivity contribution in [3.63, 3.8) is 0 Å². The Hall–Kier alpha value is -2.58. The zero-order chi connectivity index (χ0) is 28.5. The third kappa shape index (κ3) is 4.95. The van der Waals surface area contributed by atoms with E-state index in [1.54, 1.807) is 33.7 Å². The molecule has 1 N–H and O–H groups in total. The van der Waals surface area contributed by atoms with E-state index < -0.39 is 34.2 Å². The van der Waals surface area contributed by atoms with Gasteiger partial charge in [-0.3, -0.25) is 14.4 Å². The molecular formula is C31H42N2O5S. The monoisotopic (exact) mass is 554 g/mol. The van der Waals surface area contributed by atoms with Crippen molar-refractivity contribution in [2.75, 3.05) is 19.8 Å². The van der Waals surface area contributed by atoms with Crippen LogP contribution in [0.4, 0.5) is 0 Å². The van der Waals surface area contributed by atoms with E-state index in [1.165, 1.54) is 0 Å². The second kappa shape index (κ2) is 11.5. The van der Waals surface area contributed by atoms with E-state index >= 15 is 0 Å². The maximum atomic E-state index is 14.6. The summed E-state index contributed by atoms with van der Waals surface area (Å²) in [6, 6.07) is 7.78. The summed E-state index contributed by atoms with van der Waals surface area (Å²) >= 11 is 1.62. The number of aliphatic hydroxyl groups is 1. The number of likely N-dealkylation sites (tertiary alicyclic amines) is 1. The van der Waals surface area contributed by atoms with Crippen molar-refractivity contribution < 1.29 is 24.2 Å². The molecule has 7 nitrogen and oxygen atoms in total. The fourth-order valence-corrected chi connectivity index (χ4v) is 9.23. The number of amides is 2. The Morgan fingerprint density at radius 1 is 1.26 bits per heavy atom. The minimum atomic E-state index is -0.838. The molecule has 4 rings (SSSR count). The summed E-state index contributed by atoms with van der Waals surface area (Å²) in [5.41, 5.74) is 0.230. The van der Waals surface area contributed by atoms with Crippen LogP contribution in [-0.2, 0) is 19.1 Å². The van der Waals surface area contributed by atoms with Gasteiger partial charge in [0.1, 0.15) is 6.04 Å². The molecule has 1 aromatic rings. The topological polar surface area (TPSA) is 87.1 Å². The summed E-state index contributed by atoms with van der Waals surface area (Å²) in [6.45, 7) is 15.9. The number of ether oxygens (including phenoxy) is 1. The molecule has 2 amide bonds. The maximum Gasteiger partial charge on any atom is 0.310 e. The SMILES string of the molecule is C=CCCCOC(=O)[C@@H]1[C@H]2C(=O)N([C@H](CO)c3ccccc3)C(C(=O)N(CC=C)C(C)(C)C)C23S[C@@H]1CC3C. The van der Waals surface area contributed by atoms with Gasteiger partial charge in [0.25, 0.3) is 0 Å². The van der Waals surface area contributed by atoms with Crippen LogP contribution in [0.2, 0.25) is 0 Å². The normalized spacial score (nSPS) is 30.1. The summed E-state index contributed by atoms with van der Waals surface area (Å²) < 4.78 is 4.89. The molecule has 0 aliphatic carbocycles. The van der Waals surface area contributed by atoms with Crippen LogP contribution in [-0.4, -0.2) is 74.0 Å². The van der Waals surface area contributed by atoms with Crippen LogP contribution in [0.5, 0.6) is 0 Å². The van der Waals surface area contributed by atoms with Gasteiger partial charge in [0.2, 0.25) is 11.8 Å². The molecule has 0 aromatic heterocycles. The van der Waals surface area contributed by atoms with Crippen molar-refractivity contribution in [1.29, 1.82) is 0 Å². The number of carbonyl (C=O) groups excluding carboxylic acids is 3. The number of nitrogens with zero attached hydrogens (tertiary/aromatic N) is 2. The van der Waals surface area contributed by atoms with Crippen LogP contribution < -0.4 is 0 Å². The van der Waals surface area contributed by atoms with E-state index in [0.717, 1.165) is 18.4 Å². The summed E-state index contributed by atoms with van der Waals surface area (Å²) in [7, 11) is 0. The van der Waals surface area contributed by atoms with Crippen LogP contribution in [0.1, 0.15) is 58.6 Å². The van der Waals surface area contributed by atoms with Gasteiger partial charge in [0, 0.05) is 17.3 Å². The fourth-order valence-electron chi connectivity index (χ4n) is 6.84. The average molecular weight is 555 g/mol. The van der Waals surface area contributed by atoms with Crippen molar-refractivity contribution in [2.45, 2.75) is 74.6 Å². The van der Waals surface area contributed by atoms with Crippen LogP contribution in [0, 0.1) is 17.8 Å². The first kappa shape index (κ1) is 29.4. The molecule has 8 heteroatoms. The van der Waals surface area contributed by atoms with Gasteiger partial charge in [0.05, 0.1) is 35.8 Å². The van der Waals surface area contributed by atoms with Gasteiger partial charge in [-0.25, -0.2) is 0 Å². The molecule has 3 fully saturated rings. The second-order valence-corrected chi connectivity index (χ2v) is 13.5. The minimum absolute atomic E-state index is 0.0193. The molecule has 3 saturated heterocycles. The molecule has 1 spiro atoms. The zero-order valence-electron chi connectivity index (χ0n) is 23.5. The van der Waals surface area contributed by atoms with Gasteiger partial charge in [-0.1, -0.05) is 49.4 Å². The highest BCUT2D eigenvalue weighted by Crippen LogP contribution is 2.69. The summed E-state index contributed by atoms with van der Waals surface area (Å²) in [6.07, 6.45) is 5.63. The molecule has 3 heterocycles. The average Bonchev–Trinajstić information content (AvgIpc) is 3.49. The first-order valence-corrected chi connectivity index (χ1v) is 14.8. The van der Waals surface area contributed by atoms with Crippen molar-refractivity contribution in [2.24, 2.45) is 17.8 Å². The van der Waals surface area contributed by atoms with E-state index in [0.29, 0.717) is 13.0 Å². The van der Waals surface area contributed by atoms with Gasteiger partial charge in [-0.15, -0.1) is 24.9 Å². The standard InChI is InChI=1S/C31H42N2O5S/c1-7-9-13-17-38-29(37)24-23-18-20(3)31(39-23)25(24)27(35)33(22(19-34)21-14-11-10-12-15-21)26(31)28(36)32(16-8-2)30(4,5)6/h7-8,10-12,14-15,20,22-26,34H,1-2,9,13,16-19H2,3-6H3/t20?,22-,23-,24+,25+,26?,31?/m1/s1. The highest BCUT2D eigenvalue weighted by atomic mass is 32.2. The van der Waals surface area contributed by atoms with Crippen molar-refractivity contribution >= 4 is 29.5 Å². The van der Waals surface area contributed by atoms with E-state index in [4.69, 9.17) is 4.74 Å². The van der Waals surface area contributed by atoms with Crippen molar-refractivity contribution in [3.05, 3.63) is 61.2 Å². The van der Waals surface area contributed by atoms with Gasteiger partial charge in [-0.05, 0) is 51.5 Å². The lowest BCUT2D eigenvalue weighted by Crippen LogP contribution is -2.60. The summed E-state index contributed by atoms with van der Waals surface area (Å²) in [4.78, 5) is 46.0. The molecule has 2 bridgehead atoms. The van der Waals surface area contributed by atoms with Crippen LogP contribution >= 0.6 is 11.8 Å². The molecule has 0 saturated carbocycles. The Balaban J connectivity index is 1.82. The Morgan fingerprint density at radius 2 is 1.95 bits per heavy atom. The number of aliphatic hydroxyl groups excluding tert-OH is 1. The molecule has 212 valence electrons. The largest absolute Gasteiger partial charge is 0.465 e. The number of hydrogen-bond donors (Lipinski definition) is 1. The Labute approximate surface area is 236 Å². The Morgan fingerprint density at radius 3 is 2.54 bits per heavy atom. The van der Waals surface area contributed by atoms with Gasteiger partial charge in [0.15, 0.2) is 0 Å². The van der Waals surface area contributed by atoms with Gasteiger partial charge >= 0.3 is 5.97 Å². The molecule has 3 aliphatic heterocycles. The Bertz CT molecular complexity index is 1100. The molecular weight excluding hydrogens is 512 g/mol. The maximum absolute atomic E-state index is 14.6. The number of thioether (sulfide) groups is 1. The number of esters is 1. The second-order valence-electron chi connectivity index (χ2n) is 11.9. The number of hydrogen-bond acceptors (Lipinski definition) is 6. The van der Waals surface area contributed by atoms with Crippen LogP contribution in [0.25, 0.3) is 0 Å². The number of benzene rings is 1. The number of unbranched alkanes of at least 4 members (excludes halogenated alkanes) is 1. The minimum Gasteiger partial charge on any atom is -0.465 e. The predicted molar refractivity (Wildman–Crippen MR) is 154 cm³/mol. The van der Waals surface area contributed by atoms with Crippen LogP contribution in [0.15, 0.2) is 55.6 Å². The van der Waals surface area contributed by atoms with Gasteiger partial charge < -0.3 is 19.6 Å². The number of fused-ring (bicyclic) bond motifs is 1. The third-order valence-electron chi connectivity index (χ3n) is 8.57. The zero-order valence-corrected chi connectivity index (χ0v) is 24.4. The Kier molecular flexibility index (Phi) is 8.67.